The zero-order valence-corrected chi connectivity index (χ0v) is 9.74. The molecular weight excluding hydrogens is 222 g/mol. The molecule has 4 heteroatoms. The molecule has 1 unspecified atom stereocenters. The summed E-state index contributed by atoms with van der Waals surface area (Å²) in [7, 11) is -3.52. The van der Waals surface area contributed by atoms with Crippen LogP contribution >= 0.6 is 0 Å². The van der Waals surface area contributed by atoms with Gasteiger partial charge >= 0.3 is 0 Å². The molecule has 0 aliphatic carbocycles. The van der Waals surface area contributed by atoms with Gasteiger partial charge in [0.2, 0.25) is 10.0 Å². The zero-order chi connectivity index (χ0) is 11.8. The van der Waals surface area contributed by atoms with Gasteiger partial charge in [-0.25, -0.2) is 13.6 Å². The molecule has 0 aromatic heterocycles. The lowest BCUT2D eigenvalue weighted by Crippen LogP contribution is -2.19. The van der Waals surface area contributed by atoms with Gasteiger partial charge in [-0.2, -0.15) is 0 Å². The molecule has 84 valence electrons. The second kappa shape index (κ2) is 3.88. The van der Waals surface area contributed by atoms with Crippen molar-refractivity contribution < 1.29 is 8.42 Å². The number of rotatable bonds is 2. The Morgan fingerprint density at radius 1 is 1.06 bits per heavy atom. The molecule has 1 atom stereocenters. The molecule has 0 heterocycles. The molecule has 0 radical (unpaired) electrons. The van der Waals surface area contributed by atoms with E-state index >= 15 is 0 Å². The summed E-state index contributed by atoms with van der Waals surface area (Å²) in [5.74, 6) is 0. The lowest BCUT2D eigenvalue weighted by atomic mass is 10.1. The van der Waals surface area contributed by atoms with Crippen LogP contribution in [0.15, 0.2) is 42.5 Å². The van der Waals surface area contributed by atoms with Crippen LogP contribution in [-0.4, -0.2) is 8.42 Å². The maximum Gasteiger partial charge on any atom is 0.215 e. The number of sulfonamides is 1. The minimum Gasteiger partial charge on any atom is -0.228 e. The topological polar surface area (TPSA) is 60.2 Å². The Labute approximate surface area is 94.9 Å². The van der Waals surface area contributed by atoms with Crippen molar-refractivity contribution in [2.45, 2.75) is 12.2 Å². The summed E-state index contributed by atoms with van der Waals surface area (Å²) in [6.07, 6.45) is 0. The molecule has 0 fully saturated rings. The summed E-state index contributed by atoms with van der Waals surface area (Å²) in [5.41, 5.74) is 0.723. The number of hydrogen-bond acceptors (Lipinski definition) is 2. The molecule has 2 aromatic rings. The standard InChI is InChI=1S/C12H13NO2S/c1-9(16(13,14)15)11-7-6-10-4-2-3-5-12(10)8-11/h2-9H,1H3,(H2,13,14,15). The highest BCUT2D eigenvalue weighted by molar-refractivity contribution is 7.89. The highest BCUT2D eigenvalue weighted by atomic mass is 32.2. The highest BCUT2D eigenvalue weighted by Gasteiger charge is 2.17. The van der Waals surface area contributed by atoms with Crippen molar-refractivity contribution in [3.8, 4) is 0 Å². The van der Waals surface area contributed by atoms with Crippen LogP contribution in [0.3, 0.4) is 0 Å². The van der Waals surface area contributed by atoms with Crippen molar-refractivity contribution >= 4 is 20.8 Å². The van der Waals surface area contributed by atoms with E-state index in [1.807, 2.05) is 36.4 Å². The van der Waals surface area contributed by atoms with E-state index in [0.29, 0.717) is 0 Å². The molecule has 2 rings (SSSR count). The first kappa shape index (κ1) is 11.1. The van der Waals surface area contributed by atoms with Crippen LogP contribution in [0.1, 0.15) is 17.7 Å². The Bertz CT molecular complexity index is 620. The summed E-state index contributed by atoms with van der Waals surface area (Å²) < 4.78 is 22.5. The van der Waals surface area contributed by atoms with Crippen LogP contribution in [0.25, 0.3) is 10.8 Å². The number of hydrogen-bond donors (Lipinski definition) is 1. The van der Waals surface area contributed by atoms with Crippen molar-refractivity contribution in [1.82, 2.24) is 0 Å². The quantitative estimate of drug-likeness (QED) is 0.867. The van der Waals surface area contributed by atoms with Crippen molar-refractivity contribution in [3.63, 3.8) is 0 Å². The first-order valence-electron chi connectivity index (χ1n) is 4.99. The number of fused-ring (bicyclic) bond motifs is 1. The van der Waals surface area contributed by atoms with Gasteiger partial charge < -0.3 is 0 Å². The molecular formula is C12H13NO2S. The lowest BCUT2D eigenvalue weighted by Gasteiger charge is -2.10. The summed E-state index contributed by atoms with van der Waals surface area (Å²) >= 11 is 0. The minimum absolute atomic E-state index is 0.669. The monoisotopic (exact) mass is 235 g/mol. The maximum atomic E-state index is 11.2. The van der Waals surface area contributed by atoms with Gasteiger partial charge in [0, 0.05) is 0 Å². The molecule has 2 aromatic carbocycles. The van der Waals surface area contributed by atoms with Gasteiger partial charge in [0.15, 0.2) is 0 Å². The van der Waals surface area contributed by atoms with Crippen molar-refractivity contribution in [2.75, 3.05) is 0 Å². The Morgan fingerprint density at radius 3 is 2.31 bits per heavy atom. The third kappa shape index (κ3) is 2.08. The van der Waals surface area contributed by atoms with Crippen LogP contribution in [0.5, 0.6) is 0 Å². The zero-order valence-electron chi connectivity index (χ0n) is 8.92. The Morgan fingerprint density at radius 2 is 1.69 bits per heavy atom. The molecule has 3 nitrogen and oxygen atoms in total. The van der Waals surface area contributed by atoms with Gasteiger partial charge in [-0.1, -0.05) is 36.4 Å². The van der Waals surface area contributed by atoms with Gasteiger partial charge in [0.1, 0.15) is 0 Å². The summed E-state index contributed by atoms with van der Waals surface area (Å²) in [6.45, 7) is 1.60. The normalized spacial score (nSPS) is 13.9. The second-order valence-corrected chi connectivity index (χ2v) is 5.72. The molecule has 0 spiro atoms. The predicted octanol–water partition coefficient (Wildman–Crippen LogP) is 2.19. The number of primary sulfonamides is 1. The first-order valence-corrected chi connectivity index (χ1v) is 6.60. The van der Waals surface area contributed by atoms with E-state index in [1.54, 1.807) is 13.0 Å². The summed E-state index contributed by atoms with van der Waals surface area (Å²) in [6, 6.07) is 13.4. The van der Waals surface area contributed by atoms with Crippen LogP contribution in [-0.2, 0) is 10.0 Å². The fourth-order valence-electron chi connectivity index (χ4n) is 1.65. The van der Waals surface area contributed by atoms with E-state index in [0.717, 1.165) is 16.3 Å². The maximum absolute atomic E-state index is 11.2. The Hall–Kier alpha value is -1.39. The average Bonchev–Trinajstić information content (AvgIpc) is 2.26. The molecule has 0 amide bonds. The number of nitrogens with two attached hydrogens (primary N) is 1. The lowest BCUT2D eigenvalue weighted by molar-refractivity contribution is 0.588. The van der Waals surface area contributed by atoms with Crippen LogP contribution in [0, 0.1) is 0 Å². The van der Waals surface area contributed by atoms with Crippen LogP contribution < -0.4 is 5.14 Å². The number of benzene rings is 2. The fourth-order valence-corrected chi connectivity index (χ4v) is 2.18. The van der Waals surface area contributed by atoms with E-state index in [1.165, 1.54) is 0 Å². The third-order valence-corrected chi connectivity index (χ3v) is 3.99. The molecule has 0 aliphatic rings. The second-order valence-electron chi connectivity index (χ2n) is 3.84. The van der Waals surface area contributed by atoms with E-state index in [9.17, 15) is 8.42 Å². The fraction of sp³-hybridized carbons (Fsp3) is 0.167. The average molecular weight is 235 g/mol. The predicted molar refractivity (Wildman–Crippen MR) is 65.5 cm³/mol. The highest BCUT2D eigenvalue weighted by Crippen LogP contribution is 2.23. The van der Waals surface area contributed by atoms with Gasteiger partial charge in [-0.15, -0.1) is 0 Å². The first-order chi connectivity index (χ1) is 7.48. The van der Waals surface area contributed by atoms with Gasteiger partial charge in [0.05, 0.1) is 5.25 Å². The third-order valence-electron chi connectivity index (χ3n) is 2.74. The molecule has 0 saturated heterocycles. The van der Waals surface area contributed by atoms with Gasteiger partial charge in [0.25, 0.3) is 0 Å². The van der Waals surface area contributed by atoms with Crippen molar-refractivity contribution in [3.05, 3.63) is 48.0 Å². The minimum atomic E-state index is -3.52. The Balaban J connectivity index is 2.55. The van der Waals surface area contributed by atoms with E-state index in [-0.39, 0.29) is 0 Å². The van der Waals surface area contributed by atoms with Crippen molar-refractivity contribution in [1.29, 1.82) is 0 Å². The Kier molecular flexibility index (Phi) is 2.69. The SMILES string of the molecule is CC(c1ccc2ccccc2c1)S(N)(=O)=O. The van der Waals surface area contributed by atoms with E-state index in [2.05, 4.69) is 0 Å². The van der Waals surface area contributed by atoms with Gasteiger partial charge in [-0.05, 0) is 29.3 Å². The van der Waals surface area contributed by atoms with Crippen LogP contribution in [0.2, 0.25) is 0 Å². The van der Waals surface area contributed by atoms with E-state index < -0.39 is 15.3 Å². The largest absolute Gasteiger partial charge is 0.228 e. The van der Waals surface area contributed by atoms with Crippen molar-refractivity contribution in [2.24, 2.45) is 5.14 Å². The molecule has 2 N–H and O–H groups in total. The van der Waals surface area contributed by atoms with Crippen LogP contribution in [0.4, 0.5) is 0 Å². The molecule has 0 saturated carbocycles. The smallest absolute Gasteiger partial charge is 0.215 e. The van der Waals surface area contributed by atoms with Gasteiger partial charge in [-0.3, -0.25) is 0 Å². The molecule has 16 heavy (non-hydrogen) atoms. The van der Waals surface area contributed by atoms with E-state index in [4.69, 9.17) is 5.14 Å². The summed E-state index contributed by atoms with van der Waals surface area (Å²) in [5, 5.41) is 6.57. The molecule has 0 bridgehead atoms. The molecule has 0 aliphatic heterocycles. The summed E-state index contributed by atoms with van der Waals surface area (Å²) in [4.78, 5) is 0.